The molecule has 6 heteroatoms. The van der Waals surface area contributed by atoms with Gasteiger partial charge in [0.1, 0.15) is 0 Å². The van der Waals surface area contributed by atoms with Gasteiger partial charge < -0.3 is 10.2 Å². The van der Waals surface area contributed by atoms with Gasteiger partial charge in [0.15, 0.2) is 0 Å². The third-order valence-corrected chi connectivity index (χ3v) is 5.04. The molecule has 0 aliphatic carbocycles. The molecule has 2 amide bonds. The molecule has 3 heterocycles. The van der Waals surface area contributed by atoms with Gasteiger partial charge >= 0.3 is 0 Å². The zero-order chi connectivity index (χ0) is 16.9. The predicted molar refractivity (Wildman–Crippen MR) is 93.5 cm³/mol. The SMILES string of the molecule is CC(=O)NCc1cccc([C@H]2CCCN2C(=O)Cc2cccs2)n1. The molecule has 2 aromatic rings. The second kappa shape index (κ2) is 7.57. The van der Waals surface area contributed by atoms with Crippen molar-refractivity contribution in [3.05, 3.63) is 52.0 Å². The smallest absolute Gasteiger partial charge is 0.228 e. The molecule has 0 radical (unpaired) electrons. The van der Waals surface area contributed by atoms with Crippen LogP contribution in [0, 0.1) is 0 Å². The Morgan fingerprint density at radius 1 is 1.33 bits per heavy atom. The summed E-state index contributed by atoms with van der Waals surface area (Å²) in [5.41, 5.74) is 1.73. The quantitative estimate of drug-likeness (QED) is 0.908. The first-order valence-corrected chi connectivity index (χ1v) is 9.03. The second-order valence-electron chi connectivity index (χ2n) is 5.96. The molecule has 3 rings (SSSR count). The van der Waals surface area contributed by atoms with Crippen molar-refractivity contribution in [2.24, 2.45) is 0 Å². The number of thiophene rings is 1. The van der Waals surface area contributed by atoms with Crippen LogP contribution in [-0.2, 0) is 22.6 Å². The maximum Gasteiger partial charge on any atom is 0.228 e. The van der Waals surface area contributed by atoms with Crippen molar-refractivity contribution in [2.45, 2.75) is 38.8 Å². The van der Waals surface area contributed by atoms with E-state index in [1.54, 1.807) is 11.3 Å². The lowest BCUT2D eigenvalue weighted by Crippen LogP contribution is -2.32. The third-order valence-electron chi connectivity index (χ3n) is 4.17. The maximum atomic E-state index is 12.6. The number of nitrogens with one attached hydrogen (secondary N) is 1. The standard InChI is InChI=1S/C18H21N3O2S/c1-13(22)19-12-14-5-2-7-16(20-14)17-8-3-9-21(17)18(23)11-15-6-4-10-24-15/h2,4-7,10,17H,3,8-9,11-12H2,1H3,(H,19,22)/t17-/m1/s1. The Morgan fingerprint density at radius 2 is 2.21 bits per heavy atom. The van der Waals surface area contributed by atoms with E-state index in [0.717, 1.165) is 35.7 Å². The van der Waals surface area contributed by atoms with Crippen LogP contribution >= 0.6 is 11.3 Å². The van der Waals surface area contributed by atoms with E-state index in [2.05, 4.69) is 10.3 Å². The van der Waals surface area contributed by atoms with Gasteiger partial charge in [0.2, 0.25) is 11.8 Å². The van der Waals surface area contributed by atoms with Gasteiger partial charge in [-0.2, -0.15) is 0 Å². The van der Waals surface area contributed by atoms with Crippen LogP contribution in [0.25, 0.3) is 0 Å². The average molecular weight is 343 g/mol. The molecule has 2 aromatic heterocycles. The summed E-state index contributed by atoms with van der Waals surface area (Å²) in [4.78, 5) is 31.4. The molecule has 5 nitrogen and oxygen atoms in total. The van der Waals surface area contributed by atoms with Crippen molar-refractivity contribution in [1.29, 1.82) is 0 Å². The number of hydrogen-bond donors (Lipinski definition) is 1. The summed E-state index contributed by atoms with van der Waals surface area (Å²) in [6, 6.07) is 9.82. The van der Waals surface area contributed by atoms with Gasteiger partial charge in [0, 0.05) is 18.3 Å². The van der Waals surface area contributed by atoms with Gasteiger partial charge in [0.05, 0.1) is 30.4 Å². The molecule has 1 N–H and O–H groups in total. The van der Waals surface area contributed by atoms with Gasteiger partial charge in [-0.25, -0.2) is 0 Å². The molecule has 1 aliphatic rings. The van der Waals surface area contributed by atoms with Crippen molar-refractivity contribution in [2.75, 3.05) is 6.54 Å². The largest absolute Gasteiger partial charge is 0.351 e. The normalized spacial score (nSPS) is 17.0. The fraction of sp³-hybridized carbons (Fsp3) is 0.389. The van der Waals surface area contributed by atoms with Crippen molar-refractivity contribution >= 4 is 23.2 Å². The molecule has 0 aromatic carbocycles. The van der Waals surface area contributed by atoms with E-state index in [-0.39, 0.29) is 17.9 Å². The van der Waals surface area contributed by atoms with E-state index in [1.807, 2.05) is 40.6 Å². The molecule has 1 fully saturated rings. The average Bonchev–Trinajstić information content (AvgIpc) is 3.24. The van der Waals surface area contributed by atoms with Gasteiger partial charge in [0.25, 0.3) is 0 Å². The van der Waals surface area contributed by atoms with E-state index in [9.17, 15) is 9.59 Å². The molecule has 126 valence electrons. The summed E-state index contributed by atoms with van der Waals surface area (Å²) in [5.74, 6) is 0.0878. The zero-order valence-electron chi connectivity index (χ0n) is 13.7. The van der Waals surface area contributed by atoms with Crippen LogP contribution in [0.5, 0.6) is 0 Å². The lowest BCUT2D eigenvalue weighted by atomic mass is 10.1. The van der Waals surface area contributed by atoms with Crippen molar-refractivity contribution < 1.29 is 9.59 Å². The molecule has 24 heavy (non-hydrogen) atoms. The molecule has 0 unspecified atom stereocenters. The molecular formula is C18H21N3O2S. The Hall–Kier alpha value is -2.21. The lowest BCUT2D eigenvalue weighted by Gasteiger charge is -2.24. The number of rotatable bonds is 5. The first kappa shape index (κ1) is 16.6. The summed E-state index contributed by atoms with van der Waals surface area (Å²) in [6.07, 6.45) is 2.39. The van der Waals surface area contributed by atoms with Crippen LogP contribution in [0.2, 0.25) is 0 Å². The number of likely N-dealkylation sites (tertiary alicyclic amines) is 1. The fourth-order valence-corrected chi connectivity index (χ4v) is 3.73. The molecule has 0 spiro atoms. The van der Waals surface area contributed by atoms with Crippen LogP contribution in [0.4, 0.5) is 0 Å². The summed E-state index contributed by atoms with van der Waals surface area (Å²) < 4.78 is 0. The number of amides is 2. The highest BCUT2D eigenvalue weighted by Crippen LogP contribution is 2.31. The number of aromatic nitrogens is 1. The van der Waals surface area contributed by atoms with Gasteiger partial charge in [-0.3, -0.25) is 14.6 Å². The monoisotopic (exact) mass is 343 g/mol. The predicted octanol–water partition coefficient (Wildman–Crippen LogP) is 2.69. The van der Waals surface area contributed by atoms with E-state index < -0.39 is 0 Å². The molecule has 1 saturated heterocycles. The van der Waals surface area contributed by atoms with Crippen molar-refractivity contribution in [3.63, 3.8) is 0 Å². The Balaban J connectivity index is 1.71. The van der Waals surface area contributed by atoms with Crippen LogP contribution in [0.15, 0.2) is 35.7 Å². The van der Waals surface area contributed by atoms with Gasteiger partial charge in [-0.05, 0) is 36.4 Å². The molecular weight excluding hydrogens is 322 g/mol. The highest BCUT2D eigenvalue weighted by atomic mass is 32.1. The van der Waals surface area contributed by atoms with Gasteiger partial charge in [-0.1, -0.05) is 12.1 Å². The summed E-state index contributed by atoms with van der Waals surface area (Å²) >= 11 is 1.62. The number of carbonyl (C=O) groups is 2. The van der Waals surface area contributed by atoms with Crippen LogP contribution in [-0.4, -0.2) is 28.2 Å². The lowest BCUT2D eigenvalue weighted by molar-refractivity contribution is -0.131. The van der Waals surface area contributed by atoms with Crippen molar-refractivity contribution in [1.82, 2.24) is 15.2 Å². The second-order valence-corrected chi connectivity index (χ2v) is 7.00. The topological polar surface area (TPSA) is 62.3 Å². The minimum atomic E-state index is -0.0733. The maximum absolute atomic E-state index is 12.6. The highest BCUT2D eigenvalue weighted by molar-refractivity contribution is 7.10. The Labute approximate surface area is 145 Å². The van der Waals surface area contributed by atoms with Crippen LogP contribution in [0.1, 0.15) is 42.1 Å². The molecule has 1 atom stereocenters. The summed E-state index contributed by atoms with van der Waals surface area (Å²) in [7, 11) is 0. The zero-order valence-corrected chi connectivity index (χ0v) is 14.5. The van der Waals surface area contributed by atoms with Crippen molar-refractivity contribution in [3.8, 4) is 0 Å². The Bertz CT molecular complexity index is 715. The minimum Gasteiger partial charge on any atom is -0.351 e. The number of pyridine rings is 1. The van der Waals surface area contributed by atoms with E-state index in [0.29, 0.717) is 13.0 Å². The molecule has 0 bridgehead atoms. The Kier molecular flexibility index (Phi) is 5.25. The first-order valence-electron chi connectivity index (χ1n) is 8.15. The molecule has 0 saturated carbocycles. The van der Waals surface area contributed by atoms with E-state index >= 15 is 0 Å². The number of carbonyl (C=O) groups excluding carboxylic acids is 2. The fourth-order valence-electron chi connectivity index (χ4n) is 3.03. The highest BCUT2D eigenvalue weighted by Gasteiger charge is 2.30. The third kappa shape index (κ3) is 4.00. The molecule has 1 aliphatic heterocycles. The number of hydrogen-bond acceptors (Lipinski definition) is 4. The van der Waals surface area contributed by atoms with Crippen LogP contribution < -0.4 is 5.32 Å². The Morgan fingerprint density at radius 3 is 2.96 bits per heavy atom. The number of nitrogens with zero attached hydrogens (tertiary/aromatic N) is 2. The van der Waals surface area contributed by atoms with E-state index in [1.165, 1.54) is 6.92 Å². The summed E-state index contributed by atoms with van der Waals surface area (Å²) in [6.45, 7) is 2.69. The first-order chi connectivity index (χ1) is 11.6. The van der Waals surface area contributed by atoms with E-state index in [4.69, 9.17) is 0 Å². The minimum absolute atomic E-state index is 0.0368. The van der Waals surface area contributed by atoms with Gasteiger partial charge in [-0.15, -0.1) is 11.3 Å². The van der Waals surface area contributed by atoms with Crippen LogP contribution in [0.3, 0.4) is 0 Å². The summed E-state index contributed by atoms with van der Waals surface area (Å²) in [5, 5.41) is 4.76.